The summed E-state index contributed by atoms with van der Waals surface area (Å²) in [7, 11) is 0. The van der Waals surface area contributed by atoms with Gasteiger partial charge in [-0.2, -0.15) is 0 Å². The Morgan fingerprint density at radius 3 is 3.12 bits per heavy atom. The fourth-order valence-corrected chi connectivity index (χ4v) is 2.38. The summed E-state index contributed by atoms with van der Waals surface area (Å²) in [6.45, 7) is 0.692. The van der Waals surface area contributed by atoms with E-state index in [4.69, 9.17) is 0 Å². The molecule has 1 fully saturated rings. The molecule has 1 amide bonds. The maximum atomic E-state index is 11.1. The first-order chi connectivity index (χ1) is 7.83. The molecule has 1 atom stereocenters. The van der Waals surface area contributed by atoms with E-state index >= 15 is 0 Å². The van der Waals surface area contributed by atoms with Gasteiger partial charge in [0.15, 0.2) is 0 Å². The number of carbonyl (C=O) groups is 1. The molecule has 1 unspecified atom stereocenters. The molecule has 1 aromatic rings. The van der Waals surface area contributed by atoms with Crippen molar-refractivity contribution in [1.82, 2.24) is 15.3 Å². The van der Waals surface area contributed by atoms with E-state index in [1.54, 1.807) is 6.33 Å². The Morgan fingerprint density at radius 1 is 1.38 bits per heavy atom. The Labute approximate surface area is 93.7 Å². The van der Waals surface area contributed by atoms with Crippen LogP contribution in [-0.4, -0.2) is 28.5 Å². The quantitative estimate of drug-likeness (QED) is 0.747. The first-order valence-electron chi connectivity index (χ1n) is 5.69. The predicted octanol–water partition coefficient (Wildman–Crippen LogP) is 0.266. The summed E-state index contributed by atoms with van der Waals surface area (Å²) >= 11 is 0. The Hall–Kier alpha value is -1.65. The zero-order valence-corrected chi connectivity index (χ0v) is 8.99. The molecule has 0 spiro atoms. The molecular formula is C11H14N4O. The van der Waals surface area contributed by atoms with E-state index in [2.05, 4.69) is 20.6 Å². The summed E-state index contributed by atoms with van der Waals surface area (Å²) in [5, 5.41) is 6.15. The number of anilines is 1. The molecule has 5 heteroatoms. The fraction of sp³-hybridized carbons (Fsp3) is 0.545. The van der Waals surface area contributed by atoms with E-state index in [0.717, 1.165) is 30.8 Å². The first kappa shape index (κ1) is 9.57. The Morgan fingerprint density at radius 2 is 2.31 bits per heavy atom. The van der Waals surface area contributed by atoms with Gasteiger partial charge < -0.3 is 10.6 Å². The molecule has 0 radical (unpaired) electrons. The molecule has 84 valence electrons. The van der Waals surface area contributed by atoms with Crippen molar-refractivity contribution in [2.75, 3.05) is 11.9 Å². The summed E-state index contributed by atoms with van der Waals surface area (Å²) in [5.74, 6) is 1.03. The highest BCUT2D eigenvalue weighted by atomic mass is 16.1. The van der Waals surface area contributed by atoms with Crippen molar-refractivity contribution < 1.29 is 4.79 Å². The monoisotopic (exact) mass is 218 g/mol. The molecule has 2 heterocycles. The molecule has 1 saturated heterocycles. The van der Waals surface area contributed by atoms with Crippen molar-refractivity contribution in [3.05, 3.63) is 17.6 Å². The second kappa shape index (κ2) is 3.73. The largest absolute Gasteiger partial charge is 0.365 e. The van der Waals surface area contributed by atoms with Gasteiger partial charge in [-0.05, 0) is 19.3 Å². The number of hydrogen-bond donors (Lipinski definition) is 2. The Balaban J connectivity index is 1.80. The van der Waals surface area contributed by atoms with Crippen LogP contribution in [0.1, 0.15) is 24.1 Å². The third-order valence-corrected chi connectivity index (χ3v) is 3.19. The average molecular weight is 218 g/mol. The molecule has 2 N–H and O–H groups in total. The summed E-state index contributed by atoms with van der Waals surface area (Å²) in [6.07, 6.45) is 5.40. The smallest absolute Gasteiger partial charge is 0.222 e. The van der Waals surface area contributed by atoms with Crippen molar-refractivity contribution in [1.29, 1.82) is 0 Å². The SMILES string of the molecule is O=C1CC(Nc2ncnc3c2CCC3)CN1. The van der Waals surface area contributed by atoms with E-state index < -0.39 is 0 Å². The van der Waals surface area contributed by atoms with Crippen LogP contribution in [0.2, 0.25) is 0 Å². The Kier molecular flexibility index (Phi) is 2.23. The third-order valence-electron chi connectivity index (χ3n) is 3.19. The number of amides is 1. The molecule has 0 aromatic carbocycles. The van der Waals surface area contributed by atoms with Gasteiger partial charge in [0, 0.05) is 24.2 Å². The second-order valence-electron chi connectivity index (χ2n) is 4.35. The normalized spacial score (nSPS) is 23.0. The van der Waals surface area contributed by atoms with Gasteiger partial charge in [0.05, 0.1) is 6.04 Å². The van der Waals surface area contributed by atoms with Crippen LogP contribution < -0.4 is 10.6 Å². The lowest BCUT2D eigenvalue weighted by Gasteiger charge is -2.13. The topological polar surface area (TPSA) is 66.9 Å². The first-order valence-corrected chi connectivity index (χ1v) is 5.69. The molecule has 1 aliphatic heterocycles. The fourth-order valence-electron chi connectivity index (χ4n) is 2.38. The molecule has 1 aliphatic carbocycles. The molecule has 2 aliphatic rings. The number of fused-ring (bicyclic) bond motifs is 1. The van der Waals surface area contributed by atoms with Gasteiger partial charge in [-0.1, -0.05) is 0 Å². The maximum Gasteiger partial charge on any atom is 0.222 e. The number of aryl methyl sites for hydroxylation is 1. The van der Waals surface area contributed by atoms with Crippen LogP contribution in [0.15, 0.2) is 6.33 Å². The lowest BCUT2D eigenvalue weighted by atomic mass is 10.2. The van der Waals surface area contributed by atoms with Gasteiger partial charge in [0.25, 0.3) is 0 Å². The summed E-state index contributed by atoms with van der Waals surface area (Å²) in [4.78, 5) is 19.6. The minimum atomic E-state index is 0.114. The summed E-state index contributed by atoms with van der Waals surface area (Å²) in [5.41, 5.74) is 2.40. The van der Waals surface area contributed by atoms with E-state index in [0.29, 0.717) is 13.0 Å². The van der Waals surface area contributed by atoms with Crippen molar-refractivity contribution in [2.45, 2.75) is 31.7 Å². The number of aromatic nitrogens is 2. The molecule has 0 bridgehead atoms. The van der Waals surface area contributed by atoms with Gasteiger partial charge >= 0.3 is 0 Å². The maximum absolute atomic E-state index is 11.1. The molecule has 3 rings (SSSR count). The van der Waals surface area contributed by atoms with Crippen LogP contribution >= 0.6 is 0 Å². The molecular weight excluding hydrogens is 204 g/mol. The second-order valence-corrected chi connectivity index (χ2v) is 4.35. The Bertz CT molecular complexity index is 432. The molecule has 0 saturated carbocycles. The highest BCUT2D eigenvalue weighted by Gasteiger charge is 2.24. The summed E-state index contributed by atoms with van der Waals surface area (Å²) < 4.78 is 0. The van der Waals surface area contributed by atoms with Gasteiger partial charge in [-0.25, -0.2) is 9.97 Å². The molecule has 5 nitrogen and oxygen atoms in total. The standard InChI is InChI=1S/C11H14N4O/c16-10-4-7(5-12-10)15-11-8-2-1-3-9(8)13-6-14-11/h6-7H,1-5H2,(H,12,16)(H,13,14,15). The van der Waals surface area contributed by atoms with E-state index in [9.17, 15) is 4.79 Å². The van der Waals surface area contributed by atoms with Crippen LogP contribution in [0.3, 0.4) is 0 Å². The van der Waals surface area contributed by atoms with Crippen molar-refractivity contribution in [2.24, 2.45) is 0 Å². The van der Waals surface area contributed by atoms with Crippen LogP contribution in [0.4, 0.5) is 5.82 Å². The van der Waals surface area contributed by atoms with E-state index in [-0.39, 0.29) is 11.9 Å². The van der Waals surface area contributed by atoms with Crippen LogP contribution in [0, 0.1) is 0 Å². The third kappa shape index (κ3) is 1.62. The minimum Gasteiger partial charge on any atom is -0.365 e. The number of nitrogens with zero attached hydrogens (tertiary/aromatic N) is 2. The van der Waals surface area contributed by atoms with E-state index in [1.165, 1.54) is 5.56 Å². The molecule has 16 heavy (non-hydrogen) atoms. The lowest BCUT2D eigenvalue weighted by Crippen LogP contribution is -2.23. The van der Waals surface area contributed by atoms with Crippen molar-refractivity contribution in [3.8, 4) is 0 Å². The average Bonchev–Trinajstić information content (AvgIpc) is 2.87. The van der Waals surface area contributed by atoms with Gasteiger partial charge in [-0.15, -0.1) is 0 Å². The van der Waals surface area contributed by atoms with Crippen LogP contribution in [0.5, 0.6) is 0 Å². The molecule has 1 aromatic heterocycles. The van der Waals surface area contributed by atoms with Crippen molar-refractivity contribution >= 4 is 11.7 Å². The van der Waals surface area contributed by atoms with Gasteiger partial charge in [0.2, 0.25) is 5.91 Å². The predicted molar refractivity (Wildman–Crippen MR) is 59.1 cm³/mol. The lowest BCUT2D eigenvalue weighted by molar-refractivity contribution is -0.119. The number of nitrogens with one attached hydrogen (secondary N) is 2. The van der Waals surface area contributed by atoms with Crippen molar-refractivity contribution in [3.63, 3.8) is 0 Å². The van der Waals surface area contributed by atoms with Crippen LogP contribution in [0.25, 0.3) is 0 Å². The minimum absolute atomic E-state index is 0.114. The van der Waals surface area contributed by atoms with E-state index in [1.807, 2.05) is 0 Å². The number of hydrogen-bond acceptors (Lipinski definition) is 4. The zero-order chi connectivity index (χ0) is 11.0. The van der Waals surface area contributed by atoms with Gasteiger partial charge in [-0.3, -0.25) is 4.79 Å². The number of carbonyl (C=O) groups excluding carboxylic acids is 1. The summed E-state index contributed by atoms with van der Waals surface area (Å²) in [6, 6.07) is 0.173. The van der Waals surface area contributed by atoms with Gasteiger partial charge in [0.1, 0.15) is 12.1 Å². The zero-order valence-electron chi connectivity index (χ0n) is 8.99. The highest BCUT2D eigenvalue weighted by Crippen LogP contribution is 2.25. The highest BCUT2D eigenvalue weighted by molar-refractivity contribution is 5.79. The van der Waals surface area contributed by atoms with Crippen LogP contribution in [-0.2, 0) is 17.6 Å². The number of rotatable bonds is 2.